The maximum Gasteiger partial charge on any atom is 0.263 e. The molecule has 0 N–H and O–H groups in total. The van der Waals surface area contributed by atoms with Crippen molar-refractivity contribution in [2.45, 2.75) is 19.8 Å². The Balaban J connectivity index is 2.65. The van der Waals surface area contributed by atoms with E-state index in [4.69, 9.17) is 0 Å². The fourth-order valence-electron chi connectivity index (χ4n) is 1.30. The average molecular weight is 223 g/mol. The summed E-state index contributed by atoms with van der Waals surface area (Å²) in [5.41, 5.74) is 0.767. The van der Waals surface area contributed by atoms with E-state index in [1.54, 1.807) is 0 Å². The second-order valence-electron chi connectivity index (χ2n) is 3.31. The van der Waals surface area contributed by atoms with Crippen LogP contribution in [0, 0.1) is 0 Å². The highest BCUT2D eigenvalue weighted by atomic mass is 32.2. The molecule has 0 spiro atoms. The second-order valence-corrected chi connectivity index (χ2v) is 4.12. The smallest absolute Gasteiger partial charge is 0.263 e. The van der Waals surface area contributed by atoms with Crippen molar-refractivity contribution < 1.29 is 4.79 Å². The summed E-state index contributed by atoms with van der Waals surface area (Å²) < 4.78 is 1.82. The molecule has 0 aliphatic heterocycles. The summed E-state index contributed by atoms with van der Waals surface area (Å²) in [5, 5.41) is 0. The Morgan fingerprint density at radius 3 is 2.53 bits per heavy atom. The first-order valence-electron chi connectivity index (χ1n) is 5.20. The van der Waals surface area contributed by atoms with Crippen LogP contribution in [0.5, 0.6) is 0 Å². The molecule has 0 saturated carbocycles. The molecule has 0 aliphatic rings. The van der Waals surface area contributed by atoms with Gasteiger partial charge in [-0.05, 0) is 18.6 Å². The van der Waals surface area contributed by atoms with Crippen LogP contribution in [-0.4, -0.2) is 23.0 Å². The Morgan fingerprint density at radius 2 is 2.00 bits per heavy atom. The molecule has 1 amide bonds. The number of amides is 1. The van der Waals surface area contributed by atoms with Gasteiger partial charge in [0.15, 0.2) is 0 Å². The third-order valence-electron chi connectivity index (χ3n) is 2.18. The number of rotatable bonds is 5. The van der Waals surface area contributed by atoms with E-state index in [1.165, 1.54) is 11.9 Å². The third-order valence-corrected chi connectivity index (χ3v) is 2.97. The third kappa shape index (κ3) is 3.59. The van der Waals surface area contributed by atoms with E-state index in [2.05, 4.69) is 6.92 Å². The fourth-order valence-corrected chi connectivity index (χ4v) is 1.89. The van der Waals surface area contributed by atoms with Crippen molar-refractivity contribution >= 4 is 17.9 Å². The van der Waals surface area contributed by atoms with Crippen molar-refractivity contribution in [3.63, 3.8) is 0 Å². The molecule has 0 aromatic heterocycles. The quantitative estimate of drug-likeness (QED) is 0.714. The molecule has 0 atom stereocenters. The van der Waals surface area contributed by atoms with Gasteiger partial charge in [-0.2, -0.15) is 0 Å². The van der Waals surface area contributed by atoms with Crippen LogP contribution in [0.3, 0.4) is 0 Å². The Hall–Kier alpha value is -0.960. The van der Waals surface area contributed by atoms with Crippen LogP contribution >= 0.6 is 11.9 Å². The van der Waals surface area contributed by atoms with E-state index in [0.29, 0.717) is 0 Å². The molecule has 0 fully saturated rings. The van der Waals surface area contributed by atoms with Crippen molar-refractivity contribution in [3.05, 3.63) is 35.9 Å². The minimum absolute atomic E-state index is 0.108. The molecule has 1 aromatic carbocycles. The minimum Gasteiger partial charge on any atom is -0.283 e. The summed E-state index contributed by atoms with van der Waals surface area (Å²) in [7, 11) is 0. The van der Waals surface area contributed by atoms with Crippen molar-refractivity contribution in [2.24, 2.45) is 0 Å². The molecule has 2 nitrogen and oxygen atoms in total. The van der Waals surface area contributed by atoms with E-state index in [-0.39, 0.29) is 5.91 Å². The van der Waals surface area contributed by atoms with Crippen LogP contribution in [0.2, 0.25) is 0 Å². The Morgan fingerprint density at radius 1 is 1.33 bits per heavy atom. The van der Waals surface area contributed by atoms with Crippen LogP contribution in [0.25, 0.3) is 0 Å². The van der Waals surface area contributed by atoms with Crippen LogP contribution in [0.1, 0.15) is 30.1 Å². The molecule has 1 aromatic rings. The summed E-state index contributed by atoms with van der Waals surface area (Å²) in [5.74, 6) is 0.108. The Bertz CT molecular complexity index is 300. The van der Waals surface area contributed by atoms with Crippen LogP contribution in [0.4, 0.5) is 0 Å². The zero-order chi connectivity index (χ0) is 11.1. The van der Waals surface area contributed by atoms with Crippen LogP contribution < -0.4 is 0 Å². The van der Waals surface area contributed by atoms with Gasteiger partial charge in [-0.25, -0.2) is 0 Å². The lowest BCUT2D eigenvalue weighted by molar-refractivity contribution is 0.0871. The van der Waals surface area contributed by atoms with Crippen LogP contribution in [0.15, 0.2) is 30.3 Å². The van der Waals surface area contributed by atoms with E-state index in [0.717, 1.165) is 24.9 Å². The predicted octanol–water partition coefficient (Wildman–Crippen LogP) is 3.21. The highest BCUT2D eigenvalue weighted by molar-refractivity contribution is 7.96. The van der Waals surface area contributed by atoms with E-state index in [9.17, 15) is 4.79 Å². The molecule has 0 aliphatic carbocycles. The molecule has 1 rings (SSSR count). The SMILES string of the molecule is CCCCN(SC)C(=O)c1ccccc1. The van der Waals surface area contributed by atoms with Crippen molar-refractivity contribution in [1.82, 2.24) is 4.31 Å². The number of carbonyl (C=O) groups is 1. The number of hydrogen-bond donors (Lipinski definition) is 0. The Kier molecular flexibility index (Phi) is 5.26. The summed E-state index contributed by atoms with van der Waals surface area (Å²) in [6.45, 7) is 2.96. The maximum absolute atomic E-state index is 12.0. The first kappa shape index (κ1) is 12.1. The molecule has 0 saturated heterocycles. The van der Waals surface area contributed by atoms with Crippen molar-refractivity contribution in [1.29, 1.82) is 0 Å². The normalized spacial score (nSPS) is 10.0. The lowest BCUT2D eigenvalue weighted by atomic mass is 10.2. The van der Waals surface area contributed by atoms with Gasteiger partial charge in [0.2, 0.25) is 0 Å². The van der Waals surface area contributed by atoms with Crippen LogP contribution in [-0.2, 0) is 0 Å². The van der Waals surface area contributed by atoms with Gasteiger partial charge < -0.3 is 0 Å². The minimum atomic E-state index is 0.108. The standard InChI is InChI=1S/C12H17NOS/c1-3-4-10-13(15-2)12(14)11-8-6-5-7-9-11/h5-9H,3-4,10H2,1-2H3. The molecule has 15 heavy (non-hydrogen) atoms. The number of carbonyl (C=O) groups excluding carboxylic acids is 1. The van der Waals surface area contributed by atoms with E-state index < -0.39 is 0 Å². The summed E-state index contributed by atoms with van der Waals surface area (Å²) >= 11 is 1.50. The number of benzene rings is 1. The largest absolute Gasteiger partial charge is 0.283 e. The van der Waals surface area contributed by atoms with Gasteiger partial charge in [-0.15, -0.1) is 0 Å². The monoisotopic (exact) mass is 223 g/mol. The zero-order valence-corrected chi connectivity index (χ0v) is 10.1. The first-order valence-corrected chi connectivity index (χ1v) is 6.38. The van der Waals surface area contributed by atoms with Crippen molar-refractivity contribution in [3.8, 4) is 0 Å². The van der Waals surface area contributed by atoms with Gasteiger partial charge in [0.25, 0.3) is 5.91 Å². The summed E-state index contributed by atoms with van der Waals surface area (Å²) in [6, 6.07) is 9.43. The molecular formula is C12H17NOS. The van der Waals surface area contributed by atoms with Gasteiger partial charge in [-0.1, -0.05) is 43.5 Å². The van der Waals surface area contributed by atoms with Gasteiger partial charge in [0, 0.05) is 18.4 Å². The number of nitrogens with zero attached hydrogens (tertiary/aromatic N) is 1. The fraction of sp³-hybridized carbons (Fsp3) is 0.417. The molecule has 0 radical (unpaired) electrons. The first-order chi connectivity index (χ1) is 7.29. The maximum atomic E-state index is 12.0. The molecule has 0 unspecified atom stereocenters. The van der Waals surface area contributed by atoms with E-state index >= 15 is 0 Å². The topological polar surface area (TPSA) is 20.3 Å². The predicted molar refractivity (Wildman–Crippen MR) is 65.9 cm³/mol. The molecule has 0 heterocycles. The molecular weight excluding hydrogens is 206 g/mol. The highest BCUT2D eigenvalue weighted by Gasteiger charge is 2.13. The van der Waals surface area contributed by atoms with E-state index in [1.807, 2.05) is 40.9 Å². The van der Waals surface area contributed by atoms with Gasteiger partial charge in [0.05, 0.1) is 0 Å². The Labute approximate surface area is 95.8 Å². The lowest BCUT2D eigenvalue weighted by Gasteiger charge is -2.18. The van der Waals surface area contributed by atoms with Gasteiger partial charge >= 0.3 is 0 Å². The average Bonchev–Trinajstić information content (AvgIpc) is 2.31. The highest BCUT2D eigenvalue weighted by Crippen LogP contribution is 2.13. The molecule has 0 bridgehead atoms. The number of hydrogen-bond acceptors (Lipinski definition) is 2. The summed E-state index contributed by atoms with van der Waals surface area (Å²) in [4.78, 5) is 12.0. The van der Waals surface area contributed by atoms with Gasteiger partial charge in [0.1, 0.15) is 0 Å². The summed E-state index contributed by atoms with van der Waals surface area (Å²) in [6.07, 6.45) is 4.11. The van der Waals surface area contributed by atoms with Crippen molar-refractivity contribution in [2.75, 3.05) is 12.8 Å². The zero-order valence-electron chi connectivity index (χ0n) is 9.27. The lowest BCUT2D eigenvalue weighted by Crippen LogP contribution is -2.24. The van der Waals surface area contributed by atoms with Gasteiger partial charge in [-0.3, -0.25) is 9.10 Å². The second kappa shape index (κ2) is 6.51. The molecule has 82 valence electrons. The number of unbranched alkanes of at least 4 members (excludes halogenated alkanes) is 1. The molecule has 3 heteroatoms.